The summed E-state index contributed by atoms with van der Waals surface area (Å²) < 4.78 is 57.7. The van der Waals surface area contributed by atoms with Gasteiger partial charge in [0.05, 0.1) is 4.90 Å². The second kappa shape index (κ2) is 4.42. The topological polar surface area (TPSA) is 46.2 Å². The van der Waals surface area contributed by atoms with E-state index in [1.165, 1.54) is 5.32 Å². The van der Waals surface area contributed by atoms with Crippen LogP contribution < -0.4 is 5.32 Å². The predicted octanol–water partition coefficient (Wildman–Crippen LogP) is 3.31. The van der Waals surface area contributed by atoms with Gasteiger partial charge < -0.3 is 0 Å². The molecule has 1 N–H and O–H groups in total. The maximum atomic E-state index is 11.9. The number of halogens is 5. The van der Waals surface area contributed by atoms with Crippen molar-refractivity contribution in [3.63, 3.8) is 0 Å². The van der Waals surface area contributed by atoms with Crippen LogP contribution in [0.2, 0.25) is 0 Å². The van der Waals surface area contributed by atoms with Crippen molar-refractivity contribution in [1.82, 2.24) is 0 Å². The van der Waals surface area contributed by atoms with E-state index in [-0.39, 0.29) is 15.1 Å². The summed E-state index contributed by atoms with van der Waals surface area (Å²) in [6.45, 7) is 0. The van der Waals surface area contributed by atoms with Gasteiger partial charge in [0.1, 0.15) is 0 Å². The molecule has 0 amide bonds. The van der Waals surface area contributed by atoms with Crippen LogP contribution in [-0.4, -0.2) is 14.7 Å². The Kier molecular flexibility index (Phi) is 3.76. The highest BCUT2D eigenvalue weighted by molar-refractivity contribution is 9.10. The maximum Gasteiger partial charge on any atom is 0.482 e. The van der Waals surface area contributed by atoms with Crippen molar-refractivity contribution in [2.45, 2.75) is 11.2 Å². The maximum absolute atomic E-state index is 11.9. The Morgan fingerprint density at radius 2 is 1.88 bits per heavy atom. The molecule has 3 nitrogen and oxygen atoms in total. The molecule has 1 aromatic rings. The van der Waals surface area contributed by atoms with Gasteiger partial charge in [-0.15, -0.1) is 0 Å². The van der Waals surface area contributed by atoms with Crippen molar-refractivity contribution in [3.8, 4) is 0 Å². The summed E-state index contributed by atoms with van der Waals surface area (Å²) in [6.07, 6.45) is -4.58. The largest absolute Gasteiger partial charge is 0.482 e. The standard InChI is InChI=1S/C7H4BrClF3NO2S/c8-5-3-4(13-7(10,11)12)1-2-6(5)16(9,14)15/h1-3,13H. The van der Waals surface area contributed by atoms with Gasteiger partial charge in [-0.3, -0.25) is 5.32 Å². The van der Waals surface area contributed by atoms with Crippen molar-refractivity contribution in [2.24, 2.45) is 0 Å². The third kappa shape index (κ3) is 3.84. The first-order valence-electron chi connectivity index (χ1n) is 3.69. The fourth-order valence-corrected chi connectivity index (χ4v) is 3.16. The molecule has 0 aliphatic heterocycles. The van der Waals surface area contributed by atoms with Crippen LogP contribution >= 0.6 is 26.6 Å². The molecule has 0 bridgehead atoms. The lowest BCUT2D eigenvalue weighted by molar-refractivity contribution is -0.0999. The summed E-state index contributed by atoms with van der Waals surface area (Å²) in [5.41, 5.74) is -0.288. The minimum atomic E-state index is -4.58. The third-order valence-electron chi connectivity index (χ3n) is 1.48. The van der Waals surface area contributed by atoms with E-state index in [1.807, 2.05) is 0 Å². The van der Waals surface area contributed by atoms with Gasteiger partial charge in [-0.2, -0.15) is 13.2 Å². The second-order valence-corrected chi connectivity index (χ2v) is 6.09. The van der Waals surface area contributed by atoms with E-state index >= 15 is 0 Å². The van der Waals surface area contributed by atoms with Crippen molar-refractivity contribution in [1.29, 1.82) is 0 Å². The van der Waals surface area contributed by atoms with Gasteiger partial charge in [0, 0.05) is 20.8 Å². The molecule has 0 unspecified atom stereocenters. The Morgan fingerprint density at radius 3 is 2.25 bits per heavy atom. The van der Waals surface area contributed by atoms with Crippen LogP contribution in [0.5, 0.6) is 0 Å². The van der Waals surface area contributed by atoms with Gasteiger partial charge in [0.25, 0.3) is 9.05 Å². The first-order chi connectivity index (χ1) is 7.09. The minimum Gasteiger partial charge on any atom is -0.297 e. The molecule has 90 valence electrons. The zero-order valence-electron chi connectivity index (χ0n) is 7.35. The van der Waals surface area contributed by atoms with E-state index in [9.17, 15) is 21.6 Å². The molecule has 0 fully saturated rings. The Bertz CT molecular complexity index is 503. The molecule has 0 saturated heterocycles. The molecule has 0 spiro atoms. The number of anilines is 1. The second-order valence-electron chi connectivity index (χ2n) is 2.71. The van der Waals surface area contributed by atoms with Crippen LogP contribution in [0.25, 0.3) is 0 Å². The van der Waals surface area contributed by atoms with Crippen molar-refractivity contribution in [3.05, 3.63) is 22.7 Å². The molecule has 0 aliphatic carbocycles. The highest BCUT2D eigenvalue weighted by Gasteiger charge is 2.27. The molecule has 0 atom stereocenters. The highest BCUT2D eigenvalue weighted by atomic mass is 79.9. The van der Waals surface area contributed by atoms with Crippen molar-refractivity contribution < 1.29 is 21.6 Å². The SMILES string of the molecule is O=S(=O)(Cl)c1ccc(NC(F)(F)F)cc1Br. The van der Waals surface area contributed by atoms with Crippen molar-refractivity contribution in [2.75, 3.05) is 5.32 Å². The lowest BCUT2D eigenvalue weighted by Crippen LogP contribution is -2.20. The fraction of sp³-hybridized carbons (Fsp3) is 0.143. The highest BCUT2D eigenvalue weighted by Crippen LogP contribution is 2.29. The molecular weight excluding hydrogens is 334 g/mol. The number of nitrogens with one attached hydrogen (secondary N) is 1. The van der Waals surface area contributed by atoms with Crippen LogP contribution in [0.1, 0.15) is 0 Å². The number of hydrogen-bond acceptors (Lipinski definition) is 3. The number of benzene rings is 1. The monoisotopic (exact) mass is 337 g/mol. The summed E-state index contributed by atoms with van der Waals surface area (Å²) >= 11 is 2.82. The molecule has 16 heavy (non-hydrogen) atoms. The van der Waals surface area contributed by atoms with Gasteiger partial charge in [-0.1, -0.05) is 0 Å². The molecule has 0 saturated carbocycles. The van der Waals surface area contributed by atoms with Gasteiger partial charge in [-0.25, -0.2) is 8.42 Å². The summed E-state index contributed by atoms with van der Waals surface area (Å²) in [4.78, 5) is -0.290. The summed E-state index contributed by atoms with van der Waals surface area (Å²) in [5.74, 6) is 0. The zero-order chi connectivity index (χ0) is 12.6. The van der Waals surface area contributed by atoms with Crippen LogP contribution in [0.4, 0.5) is 18.9 Å². The number of rotatable bonds is 2. The average Bonchev–Trinajstić information content (AvgIpc) is 1.97. The van der Waals surface area contributed by atoms with E-state index in [0.29, 0.717) is 0 Å². The van der Waals surface area contributed by atoms with E-state index < -0.39 is 15.4 Å². The quantitative estimate of drug-likeness (QED) is 0.665. The Balaban J connectivity index is 3.10. The van der Waals surface area contributed by atoms with E-state index in [1.54, 1.807) is 0 Å². The molecule has 0 radical (unpaired) electrons. The van der Waals surface area contributed by atoms with Crippen LogP contribution in [0, 0.1) is 0 Å². The molecule has 1 aromatic carbocycles. The summed E-state index contributed by atoms with van der Waals surface area (Å²) in [7, 11) is 1.07. The van der Waals surface area contributed by atoms with Crippen LogP contribution in [0.3, 0.4) is 0 Å². The predicted molar refractivity (Wildman–Crippen MR) is 56.9 cm³/mol. The molecular formula is C7H4BrClF3NO2S. The van der Waals surface area contributed by atoms with Crippen LogP contribution in [-0.2, 0) is 9.05 Å². The van der Waals surface area contributed by atoms with Gasteiger partial charge >= 0.3 is 6.30 Å². The Labute approximate surface area is 102 Å². The summed E-state index contributed by atoms with van der Waals surface area (Å²) in [6, 6.07) is 2.91. The normalized spacial score (nSPS) is 12.6. The van der Waals surface area contributed by atoms with Gasteiger partial charge in [-0.05, 0) is 34.1 Å². The Hall–Kier alpha value is -0.470. The molecule has 0 aromatic heterocycles. The van der Waals surface area contributed by atoms with E-state index in [4.69, 9.17) is 10.7 Å². The number of alkyl halides is 3. The molecule has 0 heterocycles. The first-order valence-corrected chi connectivity index (χ1v) is 6.79. The smallest absolute Gasteiger partial charge is 0.297 e. The molecule has 1 rings (SSSR count). The zero-order valence-corrected chi connectivity index (χ0v) is 10.5. The lowest BCUT2D eigenvalue weighted by atomic mass is 10.3. The van der Waals surface area contributed by atoms with Crippen molar-refractivity contribution >= 4 is 41.4 Å². The number of hydrogen-bond donors (Lipinski definition) is 1. The fourth-order valence-electron chi connectivity index (χ4n) is 0.940. The van der Waals surface area contributed by atoms with E-state index in [2.05, 4.69) is 15.9 Å². The first kappa shape index (κ1) is 13.6. The Morgan fingerprint density at radius 1 is 1.31 bits per heavy atom. The van der Waals surface area contributed by atoms with Gasteiger partial charge in [0.15, 0.2) is 0 Å². The minimum absolute atomic E-state index is 0.0447. The van der Waals surface area contributed by atoms with Gasteiger partial charge in [0.2, 0.25) is 0 Å². The average molecular weight is 339 g/mol. The lowest BCUT2D eigenvalue weighted by Gasteiger charge is -2.10. The van der Waals surface area contributed by atoms with E-state index in [0.717, 1.165) is 18.2 Å². The molecule has 9 heteroatoms. The van der Waals surface area contributed by atoms with Crippen LogP contribution in [0.15, 0.2) is 27.6 Å². The summed E-state index contributed by atoms with van der Waals surface area (Å²) in [5, 5.41) is 1.23. The molecule has 0 aliphatic rings. The third-order valence-corrected chi connectivity index (χ3v) is 3.78.